The molecule has 2 aromatic rings. The van der Waals surface area contributed by atoms with Gasteiger partial charge in [-0.3, -0.25) is 14.7 Å². The molecule has 0 spiro atoms. The lowest BCUT2D eigenvalue weighted by Gasteiger charge is -2.34. The highest BCUT2D eigenvalue weighted by Gasteiger charge is 2.23. The van der Waals surface area contributed by atoms with Gasteiger partial charge in [0.2, 0.25) is 0 Å². The van der Waals surface area contributed by atoms with Crippen LogP contribution >= 0.6 is 0 Å². The maximum absolute atomic E-state index is 12.1. The molecule has 22 heavy (non-hydrogen) atoms. The van der Waals surface area contributed by atoms with E-state index in [1.807, 2.05) is 12.3 Å². The van der Waals surface area contributed by atoms with Crippen molar-refractivity contribution in [3.8, 4) is 0 Å². The number of carbonyl (C=O) groups excluding carboxylic acids is 1. The van der Waals surface area contributed by atoms with E-state index >= 15 is 0 Å². The predicted molar refractivity (Wildman–Crippen MR) is 83.4 cm³/mol. The van der Waals surface area contributed by atoms with Gasteiger partial charge in [0.25, 0.3) is 5.91 Å². The van der Waals surface area contributed by atoms with Crippen LogP contribution in [0, 0.1) is 0 Å². The summed E-state index contributed by atoms with van der Waals surface area (Å²) >= 11 is 0. The van der Waals surface area contributed by atoms with Crippen LogP contribution in [0.3, 0.4) is 0 Å². The second-order valence-electron chi connectivity index (χ2n) is 5.62. The third-order valence-electron chi connectivity index (χ3n) is 4.14. The Bertz CT molecular complexity index is 577. The molecule has 0 saturated carbocycles. The summed E-state index contributed by atoms with van der Waals surface area (Å²) in [5.74, 6) is -0.0975. The van der Waals surface area contributed by atoms with Gasteiger partial charge in [-0.1, -0.05) is 12.5 Å². The summed E-state index contributed by atoms with van der Waals surface area (Å²) in [6, 6.07) is 5.88. The van der Waals surface area contributed by atoms with Gasteiger partial charge in [-0.25, -0.2) is 0 Å². The van der Waals surface area contributed by atoms with Gasteiger partial charge in [-0.2, -0.15) is 0 Å². The fourth-order valence-electron chi connectivity index (χ4n) is 2.95. The van der Waals surface area contributed by atoms with Crippen molar-refractivity contribution in [3.63, 3.8) is 0 Å². The standard InChI is InChI=1S/C17H21N3O2/c21-17(15-6-10-22-13-15)19-12-16(14-5-4-7-18-11-14)20-8-2-1-3-9-20/h4-7,10-11,13,16H,1-3,8-9,12H2,(H,19,21)/t16-/m0/s1. The van der Waals surface area contributed by atoms with E-state index in [2.05, 4.69) is 21.3 Å². The zero-order chi connectivity index (χ0) is 15.2. The molecule has 0 unspecified atom stereocenters. The zero-order valence-electron chi connectivity index (χ0n) is 12.6. The number of likely N-dealkylation sites (tertiary alicyclic amines) is 1. The fourth-order valence-corrected chi connectivity index (χ4v) is 2.95. The number of nitrogens with one attached hydrogen (secondary N) is 1. The van der Waals surface area contributed by atoms with E-state index in [0.717, 1.165) is 18.7 Å². The van der Waals surface area contributed by atoms with Crippen LogP contribution in [0.15, 0.2) is 47.5 Å². The van der Waals surface area contributed by atoms with Gasteiger partial charge in [0.1, 0.15) is 6.26 Å². The molecular weight excluding hydrogens is 278 g/mol. The van der Waals surface area contributed by atoms with Crippen LogP contribution in [-0.2, 0) is 0 Å². The third-order valence-corrected chi connectivity index (χ3v) is 4.14. The Labute approximate surface area is 130 Å². The SMILES string of the molecule is O=C(NC[C@@H](c1cccnc1)N1CCCCC1)c1ccoc1. The summed E-state index contributed by atoms with van der Waals surface area (Å²) < 4.78 is 4.96. The number of hydrogen-bond donors (Lipinski definition) is 1. The van der Waals surface area contributed by atoms with E-state index in [1.165, 1.54) is 31.8 Å². The highest BCUT2D eigenvalue weighted by Crippen LogP contribution is 2.23. The maximum Gasteiger partial charge on any atom is 0.254 e. The van der Waals surface area contributed by atoms with Crippen LogP contribution in [-0.4, -0.2) is 35.4 Å². The molecule has 0 radical (unpaired) electrons. The fraction of sp³-hybridized carbons (Fsp3) is 0.412. The monoisotopic (exact) mass is 299 g/mol. The van der Waals surface area contributed by atoms with Crippen molar-refractivity contribution in [1.82, 2.24) is 15.2 Å². The van der Waals surface area contributed by atoms with E-state index in [-0.39, 0.29) is 11.9 Å². The predicted octanol–water partition coefficient (Wildman–Crippen LogP) is 2.63. The molecule has 0 aliphatic carbocycles. The highest BCUT2D eigenvalue weighted by atomic mass is 16.3. The largest absolute Gasteiger partial charge is 0.472 e. The van der Waals surface area contributed by atoms with Crippen LogP contribution in [0.25, 0.3) is 0 Å². The Morgan fingerprint density at radius 3 is 2.86 bits per heavy atom. The van der Waals surface area contributed by atoms with Gasteiger partial charge in [-0.15, -0.1) is 0 Å². The number of amides is 1. The van der Waals surface area contributed by atoms with E-state index in [9.17, 15) is 4.79 Å². The van der Waals surface area contributed by atoms with Crippen molar-refractivity contribution >= 4 is 5.91 Å². The normalized spacial score (nSPS) is 17.1. The summed E-state index contributed by atoms with van der Waals surface area (Å²) in [4.78, 5) is 18.8. The summed E-state index contributed by atoms with van der Waals surface area (Å²) in [5, 5.41) is 3.01. The molecule has 116 valence electrons. The number of hydrogen-bond acceptors (Lipinski definition) is 4. The van der Waals surface area contributed by atoms with Gasteiger partial charge in [0.05, 0.1) is 17.9 Å². The number of rotatable bonds is 5. The molecule has 1 saturated heterocycles. The molecule has 5 nitrogen and oxygen atoms in total. The van der Waals surface area contributed by atoms with Crippen molar-refractivity contribution < 1.29 is 9.21 Å². The molecule has 0 bridgehead atoms. The number of nitrogens with zero attached hydrogens (tertiary/aromatic N) is 2. The van der Waals surface area contributed by atoms with Crippen LogP contribution < -0.4 is 5.32 Å². The maximum atomic E-state index is 12.1. The van der Waals surface area contributed by atoms with Crippen molar-refractivity contribution in [2.45, 2.75) is 25.3 Å². The second-order valence-corrected chi connectivity index (χ2v) is 5.62. The minimum absolute atomic E-state index is 0.0975. The Morgan fingerprint density at radius 2 is 2.18 bits per heavy atom. The lowest BCUT2D eigenvalue weighted by molar-refractivity contribution is 0.0923. The van der Waals surface area contributed by atoms with E-state index in [4.69, 9.17) is 4.42 Å². The minimum Gasteiger partial charge on any atom is -0.472 e. The molecule has 1 fully saturated rings. The molecule has 1 amide bonds. The second kappa shape index (κ2) is 7.22. The smallest absolute Gasteiger partial charge is 0.254 e. The van der Waals surface area contributed by atoms with Gasteiger partial charge < -0.3 is 9.73 Å². The first-order valence-electron chi connectivity index (χ1n) is 7.79. The van der Waals surface area contributed by atoms with Crippen molar-refractivity contribution in [2.75, 3.05) is 19.6 Å². The first-order valence-corrected chi connectivity index (χ1v) is 7.79. The number of carbonyl (C=O) groups is 1. The molecule has 1 N–H and O–H groups in total. The zero-order valence-corrected chi connectivity index (χ0v) is 12.6. The molecular formula is C17H21N3O2. The van der Waals surface area contributed by atoms with Crippen LogP contribution in [0.1, 0.15) is 41.2 Å². The molecule has 3 heterocycles. The highest BCUT2D eigenvalue weighted by molar-refractivity contribution is 5.93. The Morgan fingerprint density at radius 1 is 1.32 bits per heavy atom. The van der Waals surface area contributed by atoms with Gasteiger partial charge in [0, 0.05) is 18.9 Å². The van der Waals surface area contributed by atoms with Crippen LogP contribution in [0.2, 0.25) is 0 Å². The number of aromatic nitrogens is 1. The quantitative estimate of drug-likeness (QED) is 0.922. The average molecular weight is 299 g/mol. The number of pyridine rings is 1. The molecule has 1 aliphatic rings. The first kappa shape index (κ1) is 14.8. The van der Waals surface area contributed by atoms with E-state index < -0.39 is 0 Å². The molecule has 1 aliphatic heterocycles. The van der Waals surface area contributed by atoms with Gasteiger partial charge in [0.15, 0.2) is 0 Å². The van der Waals surface area contributed by atoms with Crippen molar-refractivity contribution in [2.24, 2.45) is 0 Å². The van der Waals surface area contributed by atoms with Crippen molar-refractivity contribution in [1.29, 1.82) is 0 Å². The number of piperidine rings is 1. The van der Waals surface area contributed by atoms with Crippen LogP contribution in [0.4, 0.5) is 0 Å². The summed E-state index contributed by atoms with van der Waals surface area (Å²) in [6.07, 6.45) is 10.4. The summed E-state index contributed by atoms with van der Waals surface area (Å²) in [5.41, 5.74) is 1.71. The van der Waals surface area contributed by atoms with Crippen molar-refractivity contribution in [3.05, 3.63) is 54.2 Å². The Balaban J connectivity index is 1.69. The van der Waals surface area contributed by atoms with E-state index in [1.54, 1.807) is 12.3 Å². The molecule has 5 heteroatoms. The third kappa shape index (κ3) is 3.54. The lowest BCUT2D eigenvalue weighted by Crippen LogP contribution is -2.40. The Kier molecular flexibility index (Phi) is 4.85. The van der Waals surface area contributed by atoms with Crippen LogP contribution in [0.5, 0.6) is 0 Å². The Hall–Kier alpha value is -2.14. The molecule has 2 aromatic heterocycles. The van der Waals surface area contributed by atoms with Gasteiger partial charge >= 0.3 is 0 Å². The molecule has 0 aromatic carbocycles. The average Bonchev–Trinajstić information content (AvgIpc) is 3.11. The topological polar surface area (TPSA) is 58.4 Å². The molecule has 3 rings (SSSR count). The van der Waals surface area contributed by atoms with Gasteiger partial charge in [-0.05, 0) is 43.6 Å². The first-order chi connectivity index (χ1) is 10.8. The minimum atomic E-state index is -0.0975. The number of furan rings is 1. The lowest BCUT2D eigenvalue weighted by atomic mass is 10.0. The summed E-state index contributed by atoms with van der Waals surface area (Å²) in [7, 11) is 0. The van der Waals surface area contributed by atoms with E-state index in [0.29, 0.717) is 12.1 Å². The molecule has 1 atom stereocenters. The summed E-state index contributed by atoms with van der Waals surface area (Å²) in [6.45, 7) is 2.72.